The summed E-state index contributed by atoms with van der Waals surface area (Å²) in [5.41, 5.74) is 3.66. The molecule has 8 nitrogen and oxygen atoms in total. The monoisotopic (exact) mass is 474 g/mol. The minimum atomic E-state index is 0.416. The smallest absolute Gasteiger partial charge is 0.232 e. The van der Waals surface area contributed by atoms with E-state index in [0.29, 0.717) is 37.0 Å². The Labute approximate surface area is 207 Å². The van der Waals surface area contributed by atoms with Gasteiger partial charge in [-0.25, -0.2) is 0 Å². The molecule has 35 heavy (non-hydrogen) atoms. The first-order valence-electron chi connectivity index (χ1n) is 12.5. The van der Waals surface area contributed by atoms with Gasteiger partial charge in [-0.15, -0.1) is 0 Å². The summed E-state index contributed by atoms with van der Waals surface area (Å²) >= 11 is 0. The Morgan fingerprint density at radius 1 is 0.886 bits per heavy atom. The van der Waals surface area contributed by atoms with Crippen LogP contribution in [-0.4, -0.2) is 41.8 Å². The topological polar surface area (TPSA) is 84.4 Å². The van der Waals surface area contributed by atoms with Gasteiger partial charge >= 0.3 is 0 Å². The molecule has 184 valence electrons. The number of aromatic nitrogens is 3. The second-order valence-electron chi connectivity index (χ2n) is 9.25. The molecule has 2 aliphatic rings. The van der Waals surface area contributed by atoms with Crippen LogP contribution < -0.4 is 25.0 Å². The average Bonchev–Trinajstić information content (AvgIpc) is 2.91. The molecule has 2 N–H and O–H groups in total. The zero-order chi connectivity index (χ0) is 24.0. The maximum atomic E-state index is 5.54. The van der Waals surface area contributed by atoms with Gasteiger partial charge in [0.15, 0.2) is 11.5 Å². The molecule has 1 aromatic heterocycles. The Morgan fingerprint density at radius 2 is 1.60 bits per heavy atom. The number of benzene rings is 2. The van der Waals surface area contributed by atoms with Gasteiger partial charge < -0.3 is 25.0 Å². The number of ether oxygens (including phenoxy) is 2. The maximum Gasteiger partial charge on any atom is 0.232 e. The summed E-state index contributed by atoms with van der Waals surface area (Å²) in [5.74, 6) is 3.44. The maximum absolute atomic E-state index is 5.54. The summed E-state index contributed by atoms with van der Waals surface area (Å²) in [4.78, 5) is 16.6. The minimum Gasteiger partial charge on any atom is -0.493 e. The molecular formula is C27H34N6O2. The fourth-order valence-corrected chi connectivity index (χ4v) is 4.91. The summed E-state index contributed by atoms with van der Waals surface area (Å²) in [6.07, 6.45) is 7.02. The number of rotatable bonds is 8. The third-order valence-corrected chi connectivity index (χ3v) is 6.86. The van der Waals surface area contributed by atoms with Crippen LogP contribution in [0.4, 0.5) is 17.8 Å². The summed E-state index contributed by atoms with van der Waals surface area (Å²) in [7, 11) is 3.35. The number of hydrogen-bond donors (Lipinski definition) is 2. The third-order valence-electron chi connectivity index (χ3n) is 6.86. The van der Waals surface area contributed by atoms with E-state index in [9.17, 15) is 0 Å². The first kappa shape index (κ1) is 23.2. The zero-order valence-corrected chi connectivity index (χ0v) is 20.6. The van der Waals surface area contributed by atoms with Crippen LogP contribution in [0.2, 0.25) is 0 Å². The van der Waals surface area contributed by atoms with E-state index >= 15 is 0 Å². The summed E-state index contributed by atoms with van der Waals surface area (Å²) in [5, 5.41) is 6.99. The molecule has 8 heteroatoms. The third kappa shape index (κ3) is 5.58. The van der Waals surface area contributed by atoms with Crippen LogP contribution in [0.1, 0.15) is 48.8 Å². The van der Waals surface area contributed by atoms with Crippen molar-refractivity contribution in [3.05, 3.63) is 59.2 Å². The molecule has 0 amide bonds. The van der Waals surface area contributed by atoms with Crippen LogP contribution in [-0.2, 0) is 19.5 Å². The van der Waals surface area contributed by atoms with Crippen LogP contribution in [0, 0.1) is 0 Å². The molecule has 0 atom stereocenters. The van der Waals surface area contributed by atoms with Crippen molar-refractivity contribution in [1.82, 2.24) is 15.0 Å². The fourth-order valence-electron chi connectivity index (χ4n) is 4.91. The van der Waals surface area contributed by atoms with Crippen molar-refractivity contribution < 1.29 is 9.47 Å². The SMILES string of the molecule is COc1cc2c(cc1OC)CN(c1nc(NCc3ccccc3)nc(NC3CCCCC3)n1)CC2. The molecule has 3 aromatic rings. The van der Waals surface area contributed by atoms with E-state index in [2.05, 4.69) is 39.8 Å². The second-order valence-corrected chi connectivity index (χ2v) is 9.25. The highest BCUT2D eigenvalue weighted by atomic mass is 16.5. The Hall–Kier alpha value is -3.55. The van der Waals surface area contributed by atoms with Gasteiger partial charge in [0.05, 0.1) is 14.2 Å². The highest BCUT2D eigenvalue weighted by Gasteiger charge is 2.23. The van der Waals surface area contributed by atoms with Crippen LogP contribution in [0.3, 0.4) is 0 Å². The number of nitrogens with one attached hydrogen (secondary N) is 2. The van der Waals surface area contributed by atoms with Crippen molar-refractivity contribution in [3.63, 3.8) is 0 Å². The first-order chi connectivity index (χ1) is 17.2. The van der Waals surface area contributed by atoms with Crippen molar-refractivity contribution in [2.45, 2.75) is 57.7 Å². The zero-order valence-electron chi connectivity index (χ0n) is 20.6. The lowest BCUT2D eigenvalue weighted by Gasteiger charge is -2.30. The molecule has 0 unspecified atom stereocenters. The predicted molar refractivity (Wildman–Crippen MR) is 138 cm³/mol. The molecule has 1 aliphatic carbocycles. The number of anilines is 3. The Kier molecular flexibility index (Phi) is 7.16. The van der Waals surface area contributed by atoms with Gasteiger partial charge in [0.1, 0.15) is 0 Å². The van der Waals surface area contributed by atoms with Gasteiger partial charge in [0.25, 0.3) is 0 Å². The summed E-state index contributed by atoms with van der Waals surface area (Å²) < 4.78 is 11.0. The van der Waals surface area contributed by atoms with E-state index in [-0.39, 0.29) is 0 Å². The van der Waals surface area contributed by atoms with E-state index in [1.807, 2.05) is 18.2 Å². The number of fused-ring (bicyclic) bond motifs is 1. The molecule has 0 bridgehead atoms. The number of hydrogen-bond acceptors (Lipinski definition) is 8. The minimum absolute atomic E-state index is 0.416. The molecule has 1 fully saturated rings. The van der Waals surface area contributed by atoms with Gasteiger partial charge in [-0.05, 0) is 48.1 Å². The number of nitrogens with zero attached hydrogens (tertiary/aromatic N) is 4. The van der Waals surface area contributed by atoms with Gasteiger partial charge in [-0.3, -0.25) is 0 Å². The van der Waals surface area contributed by atoms with Crippen LogP contribution in [0.5, 0.6) is 11.5 Å². The molecule has 0 spiro atoms. The quantitative estimate of drug-likeness (QED) is 0.481. The normalized spacial score (nSPS) is 15.9. The van der Waals surface area contributed by atoms with Gasteiger partial charge in [0.2, 0.25) is 17.8 Å². The van der Waals surface area contributed by atoms with Crippen molar-refractivity contribution in [1.29, 1.82) is 0 Å². The molecule has 1 aliphatic heterocycles. The molecule has 2 aromatic carbocycles. The van der Waals surface area contributed by atoms with E-state index in [0.717, 1.165) is 37.3 Å². The van der Waals surface area contributed by atoms with E-state index in [1.165, 1.54) is 36.0 Å². The summed E-state index contributed by atoms with van der Waals surface area (Å²) in [6.45, 7) is 2.20. The molecule has 0 radical (unpaired) electrons. The average molecular weight is 475 g/mol. The van der Waals surface area contributed by atoms with Crippen molar-refractivity contribution in [2.75, 3.05) is 36.3 Å². The highest BCUT2D eigenvalue weighted by molar-refractivity contribution is 5.52. The standard InChI is InChI=1S/C27H34N6O2/c1-34-23-15-20-13-14-33(18-21(20)16-24(23)35-2)27-31-25(28-17-19-9-5-3-6-10-19)30-26(32-27)29-22-11-7-4-8-12-22/h3,5-6,9-10,15-16,22H,4,7-8,11-14,17-18H2,1-2H3,(H2,28,29,30,31,32). The molecule has 0 saturated heterocycles. The summed E-state index contributed by atoms with van der Waals surface area (Å²) in [6, 6.07) is 14.9. The fraction of sp³-hybridized carbons (Fsp3) is 0.444. The van der Waals surface area contributed by atoms with Gasteiger partial charge in [-0.1, -0.05) is 49.6 Å². The Morgan fingerprint density at radius 3 is 2.34 bits per heavy atom. The van der Waals surface area contributed by atoms with Crippen molar-refractivity contribution >= 4 is 17.8 Å². The lowest BCUT2D eigenvalue weighted by Crippen LogP contribution is -2.33. The molecule has 2 heterocycles. The van der Waals surface area contributed by atoms with Crippen LogP contribution in [0.15, 0.2) is 42.5 Å². The van der Waals surface area contributed by atoms with E-state index in [1.54, 1.807) is 14.2 Å². The second kappa shape index (κ2) is 10.8. The van der Waals surface area contributed by atoms with E-state index < -0.39 is 0 Å². The van der Waals surface area contributed by atoms with Gasteiger partial charge in [0, 0.05) is 25.7 Å². The lowest BCUT2D eigenvalue weighted by atomic mass is 9.96. The first-order valence-corrected chi connectivity index (χ1v) is 12.5. The van der Waals surface area contributed by atoms with Crippen LogP contribution >= 0.6 is 0 Å². The largest absolute Gasteiger partial charge is 0.493 e. The Balaban J connectivity index is 1.40. The van der Waals surface area contributed by atoms with Crippen LogP contribution in [0.25, 0.3) is 0 Å². The molecule has 1 saturated carbocycles. The van der Waals surface area contributed by atoms with Crippen molar-refractivity contribution in [2.24, 2.45) is 0 Å². The predicted octanol–water partition coefficient (Wildman–Crippen LogP) is 4.81. The highest BCUT2D eigenvalue weighted by Crippen LogP contribution is 2.34. The lowest BCUT2D eigenvalue weighted by molar-refractivity contribution is 0.353. The molecule has 5 rings (SSSR count). The van der Waals surface area contributed by atoms with Crippen molar-refractivity contribution in [3.8, 4) is 11.5 Å². The van der Waals surface area contributed by atoms with Gasteiger partial charge in [-0.2, -0.15) is 15.0 Å². The van der Waals surface area contributed by atoms with E-state index in [4.69, 9.17) is 24.4 Å². The molecular weight excluding hydrogens is 440 g/mol. The Bertz CT molecular complexity index is 1130. The number of methoxy groups -OCH3 is 2.